The smallest absolute Gasteiger partial charge is 0.255 e. The van der Waals surface area contributed by atoms with Gasteiger partial charge >= 0.3 is 0 Å². The van der Waals surface area contributed by atoms with Crippen molar-refractivity contribution in [3.05, 3.63) is 52.2 Å². The Morgan fingerprint density at radius 3 is 2.71 bits per heavy atom. The molecule has 0 atom stereocenters. The summed E-state index contributed by atoms with van der Waals surface area (Å²) in [6.45, 7) is 3.90. The Morgan fingerprint density at radius 1 is 1.33 bits per heavy atom. The molecular weight excluding hydrogens is 288 g/mol. The number of hydrazine groups is 1. The summed E-state index contributed by atoms with van der Waals surface area (Å²) in [6.07, 6.45) is 0.709. The summed E-state index contributed by atoms with van der Waals surface area (Å²) in [4.78, 5) is 16.6. The van der Waals surface area contributed by atoms with Crippen LogP contribution in [0.15, 0.2) is 30.3 Å². The van der Waals surface area contributed by atoms with Gasteiger partial charge in [0, 0.05) is 11.3 Å². The molecule has 4 N–H and O–H groups in total. The van der Waals surface area contributed by atoms with Gasteiger partial charge in [0.2, 0.25) is 0 Å². The van der Waals surface area contributed by atoms with Gasteiger partial charge in [0.15, 0.2) is 0 Å². The summed E-state index contributed by atoms with van der Waals surface area (Å²) >= 11 is 6.12. The van der Waals surface area contributed by atoms with E-state index >= 15 is 0 Å². The Balaban J connectivity index is 2.27. The van der Waals surface area contributed by atoms with E-state index in [2.05, 4.69) is 15.7 Å². The molecule has 5 nitrogen and oxygen atoms in total. The van der Waals surface area contributed by atoms with Crippen LogP contribution in [0, 0.1) is 6.92 Å². The van der Waals surface area contributed by atoms with Crippen molar-refractivity contribution >= 4 is 29.0 Å². The lowest BCUT2D eigenvalue weighted by atomic mass is 10.1. The summed E-state index contributed by atoms with van der Waals surface area (Å²) < 4.78 is 0. The Bertz CT molecular complexity index is 650. The van der Waals surface area contributed by atoms with Crippen molar-refractivity contribution in [2.45, 2.75) is 20.3 Å². The van der Waals surface area contributed by atoms with Gasteiger partial charge in [-0.15, -0.1) is 0 Å². The number of benzene rings is 1. The Morgan fingerprint density at radius 2 is 2.10 bits per heavy atom. The van der Waals surface area contributed by atoms with Crippen LogP contribution in [-0.2, 0) is 6.42 Å². The van der Waals surface area contributed by atoms with E-state index in [-0.39, 0.29) is 5.91 Å². The summed E-state index contributed by atoms with van der Waals surface area (Å²) in [5, 5.41) is 3.29. The number of anilines is 2. The molecule has 0 fully saturated rings. The summed E-state index contributed by atoms with van der Waals surface area (Å²) in [5.74, 6) is 5.57. The average Bonchev–Trinajstić information content (AvgIpc) is 2.49. The van der Waals surface area contributed by atoms with Gasteiger partial charge < -0.3 is 10.7 Å². The molecule has 0 spiro atoms. The van der Waals surface area contributed by atoms with E-state index in [1.54, 1.807) is 24.3 Å². The fourth-order valence-corrected chi connectivity index (χ4v) is 2.17. The van der Waals surface area contributed by atoms with E-state index in [0.717, 1.165) is 11.3 Å². The molecule has 1 aromatic heterocycles. The molecular formula is C15H17ClN4O. The summed E-state index contributed by atoms with van der Waals surface area (Å²) in [6, 6.07) is 8.79. The van der Waals surface area contributed by atoms with Crippen LogP contribution in [0.1, 0.15) is 28.5 Å². The van der Waals surface area contributed by atoms with Gasteiger partial charge in [0.1, 0.15) is 5.82 Å². The monoisotopic (exact) mass is 304 g/mol. The number of hydrogen-bond acceptors (Lipinski definition) is 4. The molecule has 1 amide bonds. The zero-order valence-corrected chi connectivity index (χ0v) is 12.7. The van der Waals surface area contributed by atoms with Crippen LogP contribution in [-0.4, -0.2) is 10.9 Å². The molecule has 0 aliphatic heterocycles. The van der Waals surface area contributed by atoms with E-state index in [0.29, 0.717) is 28.5 Å². The predicted octanol–water partition coefficient (Wildman–Crippen LogP) is 3.14. The maximum Gasteiger partial charge on any atom is 0.255 e. The molecule has 1 aromatic carbocycles. The number of carbonyl (C=O) groups is 1. The number of rotatable bonds is 4. The first-order chi connectivity index (χ1) is 10.0. The van der Waals surface area contributed by atoms with Crippen LogP contribution < -0.4 is 16.6 Å². The van der Waals surface area contributed by atoms with Crippen LogP contribution in [0.25, 0.3) is 0 Å². The quantitative estimate of drug-likeness (QED) is 0.599. The van der Waals surface area contributed by atoms with Crippen molar-refractivity contribution in [3.63, 3.8) is 0 Å². The summed E-state index contributed by atoms with van der Waals surface area (Å²) in [7, 11) is 0. The molecule has 110 valence electrons. The number of hydrogen-bond donors (Lipinski definition) is 3. The number of aromatic nitrogens is 1. The highest BCUT2D eigenvalue weighted by atomic mass is 35.5. The number of pyridine rings is 1. The lowest BCUT2D eigenvalue weighted by molar-refractivity contribution is 0.102. The topological polar surface area (TPSA) is 80.0 Å². The first kappa shape index (κ1) is 15.3. The molecule has 2 rings (SSSR count). The van der Waals surface area contributed by atoms with Gasteiger partial charge in [-0.25, -0.2) is 10.8 Å². The van der Waals surface area contributed by atoms with Gasteiger partial charge in [-0.1, -0.05) is 24.6 Å². The Kier molecular flexibility index (Phi) is 4.77. The zero-order valence-electron chi connectivity index (χ0n) is 11.9. The Hall–Kier alpha value is -2.11. The van der Waals surface area contributed by atoms with Gasteiger partial charge in [0.05, 0.1) is 10.7 Å². The first-order valence-electron chi connectivity index (χ1n) is 6.58. The highest BCUT2D eigenvalue weighted by molar-refractivity contribution is 6.34. The number of halogens is 1. The van der Waals surface area contributed by atoms with Crippen molar-refractivity contribution in [1.82, 2.24) is 4.98 Å². The molecule has 6 heteroatoms. The molecule has 0 aliphatic rings. The van der Waals surface area contributed by atoms with E-state index in [1.807, 2.05) is 19.9 Å². The molecule has 0 saturated heterocycles. The average molecular weight is 305 g/mol. The number of carbonyl (C=O) groups excluding carboxylic acids is 1. The standard InChI is InChI=1S/C15H17ClN4O/c1-3-11-7-10(8-14(18-11)20-17)15(21)19-13-5-4-9(2)6-12(13)16/h4-8H,3,17H2,1-2H3,(H,18,20)(H,19,21). The molecule has 0 aliphatic carbocycles. The number of amides is 1. The van der Waals surface area contributed by atoms with Crippen molar-refractivity contribution in [3.8, 4) is 0 Å². The minimum absolute atomic E-state index is 0.255. The van der Waals surface area contributed by atoms with Gasteiger partial charge in [-0.2, -0.15) is 0 Å². The molecule has 21 heavy (non-hydrogen) atoms. The fourth-order valence-electron chi connectivity index (χ4n) is 1.89. The maximum absolute atomic E-state index is 12.3. The lowest BCUT2D eigenvalue weighted by Crippen LogP contribution is -2.15. The van der Waals surface area contributed by atoms with Crippen molar-refractivity contribution in [2.24, 2.45) is 5.84 Å². The third-order valence-electron chi connectivity index (χ3n) is 3.02. The van der Waals surface area contributed by atoms with Crippen LogP contribution in [0.2, 0.25) is 5.02 Å². The predicted molar refractivity (Wildman–Crippen MR) is 85.6 cm³/mol. The van der Waals surface area contributed by atoms with Crippen LogP contribution in [0.3, 0.4) is 0 Å². The van der Waals surface area contributed by atoms with E-state index in [1.165, 1.54) is 0 Å². The van der Waals surface area contributed by atoms with Gasteiger partial charge in [-0.3, -0.25) is 4.79 Å². The largest absolute Gasteiger partial charge is 0.321 e. The SMILES string of the molecule is CCc1cc(C(=O)Nc2ccc(C)cc2Cl)cc(NN)n1. The highest BCUT2D eigenvalue weighted by Gasteiger charge is 2.11. The second-order valence-corrected chi connectivity index (χ2v) is 5.07. The second kappa shape index (κ2) is 6.56. The van der Waals surface area contributed by atoms with Crippen molar-refractivity contribution < 1.29 is 4.79 Å². The first-order valence-corrected chi connectivity index (χ1v) is 6.96. The minimum atomic E-state index is -0.255. The van der Waals surface area contributed by atoms with Crippen LogP contribution in [0.4, 0.5) is 11.5 Å². The second-order valence-electron chi connectivity index (χ2n) is 4.67. The number of nitrogens with one attached hydrogen (secondary N) is 2. The van der Waals surface area contributed by atoms with Gasteiger partial charge in [0.25, 0.3) is 5.91 Å². The number of nitrogens with two attached hydrogens (primary N) is 1. The lowest BCUT2D eigenvalue weighted by Gasteiger charge is -2.10. The van der Waals surface area contributed by atoms with E-state index in [4.69, 9.17) is 17.4 Å². The number of aryl methyl sites for hydroxylation is 2. The fraction of sp³-hybridized carbons (Fsp3) is 0.200. The third-order valence-corrected chi connectivity index (χ3v) is 3.34. The van der Waals surface area contributed by atoms with Crippen molar-refractivity contribution in [1.29, 1.82) is 0 Å². The molecule has 0 bridgehead atoms. The normalized spacial score (nSPS) is 10.3. The van der Waals surface area contributed by atoms with Gasteiger partial charge in [-0.05, 0) is 43.2 Å². The molecule has 0 saturated carbocycles. The molecule has 2 aromatic rings. The third kappa shape index (κ3) is 3.71. The minimum Gasteiger partial charge on any atom is -0.321 e. The van der Waals surface area contributed by atoms with Crippen LogP contribution >= 0.6 is 11.6 Å². The maximum atomic E-state index is 12.3. The highest BCUT2D eigenvalue weighted by Crippen LogP contribution is 2.23. The Labute approximate surface area is 128 Å². The number of nitrogen functional groups attached to an aromatic ring is 1. The molecule has 1 heterocycles. The van der Waals surface area contributed by atoms with E-state index < -0.39 is 0 Å². The molecule has 0 unspecified atom stereocenters. The van der Waals surface area contributed by atoms with Crippen molar-refractivity contribution in [2.75, 3.05) is 10.7 Å². The zero-order chi connectivity index (χ0) is 15.4. The van der Waals surface area contributed by atoms with Crippen LogP contribution in [0.5, 0.6) is 0 Å². The van der Waals surface area contributed by atoms with E-state index in [9.17, 15) is 4.79 Å². The number of nitrogens with zero attached hydrogens (tertiary/aromatic N) is 1. The summed E-state index contributed by atoms with van der Waals surface area (Å²) in [5.41, 5.74) is 5.33. The molecule has 0 radical (unpaired) electrons.